The summed E-state index contributed by atoms with van der Waals surface area (Å²) in [6.07, 6.45) is 6.97. The van der Waals surface area contributed by atoms with Crippen molar-refractivity contribution in [3.05, 3.63) is 59.7 Å². The molecule has 1 aliphatic carbocycles. The first-order valence-electron chi connectivity index (χ1n) is 10.1. The predicted molar refractivity (Wildman–Crippen MR) is 116 cm³/mol. The van der Waals surface area contributed by atoms with Crippen molar-refractivity contribution in [2.45, 2.75) is 38.5 Å². The highest BCUT2D eigenvalue weighted by molar-refractivity contribution is 5.95. The molecule has 1 saturated carbocycles. The first-order valence-corrected chi connectivity index (χ1v) is 10.1. The molecule has 0 aliphatic heterocycles. The minimum Gasteiger partial charge on any atom is -0.494 e. The van der Waals surface area contributed by atoms with Crippen molar-refractivity contribution in [1.82, 2.24) is 0 Å². The molecule has 1 aliphatic rings. The van der Waals surface area contributed by atoms with Crippen LogP contribution in [0.15, 0.2) is 48.5 Å². The Balaban J connectivity index is 1.47. The fourth-order valence-electron chi connectivity index (χ4n) is 3.98. The highest BCUT2D eigenvalue weighted by Crippen LogP contribution is 2.44. The Morgan fingerprint density at radius 1 is 0.724 bits per heavy atom. The predicted octanol–water partition coefficient (Wildman–Crippen LogP) is 4.05. The first-order chi connectivity index (χ1) is 14.0. The summed E-state index contributed by atoms with van der Waals surface area (Å²) in [6.45, 7) is 1.35. The normalized spacial score (nSPS) is 15.0. The van der Waals surface area contributed by atoms with Crippen LogP contribution in [0.1, 0.15) is 49.7 Å². The molecule has 0 aromatic heterocycles. The van der Waals surface area contributed by atoms with Crippen molar-refractivity contribution in [2.75, 3.05) is 13.2 Å². The fraction of sp³-hybridized carbons (Fsp3) is 0.391. The second-order valence-corrected chi connectivity index (χ2v) is 7.78. The van der Waals surface area contributed by atoms with Gasteiger partial charge in [-0.05, 0) is 79.6 Å². The van der Waals surface area contributed by atoms with E-state index in [1.54, 1.807) is 0 Å². The number of nitrogens with one attached hydrogen (secondary N) is 2. The molecule has 6 nitrogen and oxygen atoms in total. The molecule has 0 radical (unpaired) electrons. The highest BCUT2D eigenvalue weighted by Gasteiger charge is 2.33. The van der Waals surface area contributed by atoms with E-state index in [1.807, 2.05) is 48.5 Å². The third kappa shape index (κ3) is 5.73. The van der Waals surface area contributed by atoms with E-state index in [-0.39, 0.29) is 17.1 Å². The molecule has 1 fully saturated rings. The van der Waals surface area contributed by atoms with Crippen LogP contribution < -0.4 is 20.9 Å². The monoisotopic (exact) mass is 394 g/mol. The van der Waals surface area contributed by atoms with Crippen LogP contribution >= 0.6 is 0 Å². The van der Waals surface area contributed by atoms with Gasteiger partial charge in [0.05, 0.1) is 13.2 Å². The first kappa shape index (κ1) is 20.7. The van der Waals surface area contributed by atoms with Gasteiger partial charge in [-0.1, -0.05) is 12.8 Å². The molecule has 29 heavy (non-hydrogen) atoms. The molecule has 0 heterocycles. The van der Waals surface area contributed by atoms with Crippen LogP contribution in [0.5, 0.6) is 11.5 Å². The smallest absolute Gasteiger partial charge is 0.122 e. The molecule has 6 N–H and O–H groups in total. The van der Waals surface area contributed by atoms with Gasteiger partial charge in [0.25, 0.3) is 0 Å². The number of ether oxygens (including phenoxy) is 2. The molecule has 2 aromatic rings. The van der Waals surface area contributed by atoms with Gasteiger partial charge in [0.2, 0.25) is 0 Å². The molecular formula is C23H30N4O2. The summed E-state index contributed by atoms with van der Waals surface area (Å²) >= 11 is 0. The van der Waals surface area contributed by atoms with E-state index in [0.717, 1.165) is 24.3 Å². The van der Waals surface area contributed by atoms with Crippen LogP contribution in [0, 0.1) is 16.2 Å². The van der Waals surface area contributed by atoms with Gasteiger partial charge in [-0.3, -0.25) is 10.8 Å². The highest BCUT2D eigenvalue weighted by atomic mass is 16.5. The lowest BCUT2D eigenvalue weighted by molar-refractivity contribution is 0.153. The lowest BCUT2D eigenvalue weighted by Crippen LogP contribution is -2.23. The molecule has 0 atom stereocenters. The zero-order valence-corrected chi connectivity index (χ0v) is 16.7. The summed E-state index contributed by atoms with van der Waals surface area (Å²) in [5.41, 5.74) is 12.7. The minimum atomic E-state index is 0.0670. The van der Waals surface area contributed by atoms with Crippen LogP contribution in [0.3, 0.4) is 0 Å². The quantitative estimate of drug-likeness (QED) is 0.359. The van der Waals surface area contributed by atoms with Crippen molar-refractivity contribution in [2.24, 2.45) is 16.9 Å². The molecule has 0 unspecified atom stereocenters. The zero-order valence-electron chi connectivity index (χ0n) is 16.7. The summed E-state index contributed by atoms with van der Waals surface area (Å²) in [5.74, 6) is 1.75. The Morgan fingerprint density at radius 3 is 1.45 bits per heavy atom. The van der Waals surface area contributed by atoms with Crippen molar-refractivity contribution >= 4 is 11.7 Å². The summed E-state index contributed by atoms with van der Waals surface area (Å²) in [5, 5.41) is 14.9. The molecule has 0 amide bonds. The SMILES string of the molecule is N=C(N)c1ccc(OCCC2(CCOc3ccc(C(=N)N)cc3)CCCC2)cc1. The number of amidine groups is 2. The third-order valence-electron chi connectivity index (χ3n) is 5.80. The molecule has 6 heteroatoms. The van der Waals surface area contributed by atoms with Gasteiger partial charge in [-0.25, -0.2) is 0 Å². The lowest BCUT2D eigenvalue weighted by atomic mass is 9.80. The van der Waals surface area contributed by atoms with Gasteiger partial charge >= 0.3 is 0 Å². The average molecular weight is 395 g/mol. The molecule has 0 spiro atoms. The maximum absolute atomic E-state index is 7.45. The lowest BCUT2D eigenvalue weighted by Gasteiger charge is -2.29. The molecule has 3 rings (SSSR count). The summed E-state index contributed by atoms with van der Waals surface area (Å²) in [6, 6.07) is 14.7. The van der Waals surface area contributed by atoms with E-state index in [2.05, 4.69) is 0 Å². The van der Waals surface area contributed by atoms with Gasteiger partial charge in [0, 0.05) is 11.1 Å². The Hall–Kier alpha value is -3.02. The van der Waals surface area contributed by atoms with E-state index < -0.39 is 0 Å². The molecule has 154 valence electrons. The van der Waals surface area contributed by atoms with Gasteiger partial charge in [-0.2, -0.15) is 0 Å². The van der Waals surface area contributed by atoms with Gasteiger partial charge in [0.1, 0.15) is 23.2 Å². The molecule has 0 saturated heterocycles. The van der Waals surface area contributed by atoms with Crippen LogP contribution in [0.25, 0.3) is 0 Å². The van der Waals surface area contributed by atoms with E-state index in [0.29, 0.717) is 24.3 Å². The van der Waals surface area contributed by atoms with Crippen LogP contribution in [-0.2, 0) is 0 Å². The van der Waals surface area contributed by atoms with Crippen molar-refractivity contribution < 1.29 is 9.47 Å². The van der Waals surface area contributed by atoms with Crippen LogP contribution in [-0.4, -0.2) is 24.9 Å². The third-order valence-corrected chi connectivity index (χ3v) is 5.80. The van der Waals surface area contributed by atoms with E-state index in [1.165, 1.54) is 25.7 Å². The number of nitrogens with two attached hydrogens (primary N) is 2. The Labute approximate surface area is 172 Å². The van der Waals surface area contributed by atoms with Crippen LogP contribution in [0.4, 0.5) is 0 Å². The average Bonchev–Trinajstić information content (AvgIpc) is 3.17. The van der Waals surface area contributed by atoms with Crippen LogP contribution in [0.2, 0.25) is 0 Å². The van der Waals surface area contributed by atoms with Crippen molar-refractivity contribution in [1.29, 1.82) is 10.8 Å². The van der Waals surface area contributed by atoms with E-state index in [9.17, 15) is 0 Å². The number of benzene rings is 2. The van der Waals surface area contributed by atoms with Gasteiger partial charge in [-0.15, -0.1) is 0 Å². The van der Waals surface area contributed by atoms with Gasteiger partial charge < -0.3 is 20.9 Å². The second kappa shape index (κ2) is 9.45. The Morgan fingerprint density at radius 2 is 1.10 bits per heavy atom. The topological polar surface area (TPSA) is 118 Å². The summed E-state index contributed by atoms with van der Waals surface area (Å²) in [4.78, 5) is 0. The molecular weight excluding hydrogens is 364 g/mol. The Kier molecular flexibility index (Phi) is 6.75. The molecule has 0 bridgehead atoms. The van der Waals surface area contributed by atoms with Crippen molar-refractivity contribution in [3.63, 3.8) is 0 Å². The van der Waals surface area contributed by atoms with Crippen molar-refractivity contribution in [3.8, 4) is 11.5 Å². The Bertz CT molecular complexity index is 759. The summed E-state index contributed by atoms with van der Waals surface area (Å²) in [7, 11) is 0. The fourth-order valence-corrected chi connectivity index (χ4v) is 3.98. The summed E-state index contributed by atoms with van der Waals surface area (Å²) < 4.78 is 11.9. The molecule has 2 aromatic carbocycles. The number of hydrogen-bond acceptors (Lipinski definition) is 4. The van der Waals surface area contributed by atoms with Gasteiger partial charge in [0.15, 0.2) is 0 Å². The maximum Gasteiger partial charge on any atom is 0.122 e. The maximum atomic E-state index is 7.45. The number of rotatable bonds is 10. The minimum absolute atomic E-state index is 0.0670. The number of hydrogen-bond donors (Lipinski definition) is 4. The van der Waals surface area contributed by atoms with E-state index in [4.69, 9.17) is 31.8 Å². The van der Waals surface area contributed by atoms with E-state index >= 15 is 0 Å². The standard InChI is InChI=1S/C23H30N4O2/c24-21(25)17-3-7-19(8-4-17)28-15-13-23(11-1-2-12-23)14-16-29-20-9-5-18(6-10-20)22(26)27/h3-10H,1-2,11-16H2,(H3,24,25)(H3,26,27). The largest absolute Gasteiger partial charge is 0.494 e. The second-order valence-electron chi connectivity index (χ2n) is 7.78. The zero-order chi connectivity index (χ0) is 20.7. The number of nitrogen functional groups attached to an aromatic ring is 2.